The number of aromatic nitrogens is 4. The summed E-state index contributed by atoms with van der Waals surface area (Å²) >= 11 is 0. The molecule has 0 N–H and O–H groups in total. The van der Waals surface area contributed by atoms with Crippen LogP contribution in [0.2, 0.25) is 0 Å². The summed E-state index contributed by atoms with van der Waals surface area (Å²) in [5.41, 5.74) is 11.4. The van der Waals surface area contributed by atoms with Crippen LogP contribution in [0.5, 0.6) is 0 Å². The Morgan fingerprint density at radius 2 is 0.947 bits per heavy atom. The van der Waals surface area contributed by atoms with Gasteiger partial charge in [0.2, 0.25) is 5.95 Å². The van der Waals surface area contributed by atoms with E-state index in [1.54, 1.807) is 0 Å². The van der Waals surface area contributed by atoms with Crippen molar-refractivity contribution in [3.05, 3.63) is 182 Å². The number of hydrogen-bond donors (Lipinski definition) is 0. The average Bonchev–Trinajstić information content (AvgIpc) is 3.96. The second-order valence-electron chi connectivity index (χ2n) is 14.3. The van der Waals surface area contributed by atoms with Crippen molar-refractivity contribution < 1.29 is 8.83 Å². The van der Waals surface area contributed by atoms with Gasteiger partial charge in [0.05, 0.1) is 11.0 Å². The van der Waals surface area contributed by atoms with Crippen molar-refractivity contribution in [1.82, 2.24) is 19.5 Å². The zero-order valence-electron chi connectivity index (χ0n) is 30.4. The van der Waals surface area contributed by atoms with Crippen molar-refractivity contribution in [1.29, 1.82) is 0 Å². The van der Waals surface area contributed by atoms with Gasteiger partial charge >= 0.3 is 0 Å². The molecule has 0 aliphatic heterocycles. The molecule has 0 bridgehead atoms. The van der Waals surface area contributed by atoms with E-state index in [0.717, 1.165) is 99.1 Å². The molecule has 0 aliphatic carbocycles. The highest BCUT2D eigenvalue weighted by molar-refractivity contribution is 6.27. The van der Waals surface area contributed by atoms with E-state index in [2.05, 4.69) is 150 Å². The highest BCUT2D eigenvalue weighted by Gasteiger charge is 2.23. The third kappa shape index (κ3) is 4.87. The lowest BCUT2D eigenvalue weighted by Gasteiger charge is -2.13. The number of benzene rings is 8. The van der Waals surface area contributed by atoms with E-state index in [1.165, 1.54) is 0 Å². The number of rotatable bonds is 5. The second kappa shape index (κ2) is 12.3. The topological polar surface area (TPSA) is 69.9 Å². The molecule has 0 saturated carbocycles. The first-order chi connectivity index (χ1) is 28.3. The summed E-state index contributed by atoms with van der Waals surface area (Å²) in [4.78, 5) is 15.9. The number of hydrogen-bond acceptors (Lipinski definition) is 5. The summed E-state index contributed by atoms with van der Waals surface area (Å²) in [7, 11) is 0. The molecule has 0 spiro atoms. The van der Waals surface area contributed by atoms with Crippen LogP contribution in [0.4, 0.5) is 0 Å². The lowest BCUT2D eigenvalue weighted by molar-refractivity contribution is 0.669. The maximum absolute atomic E-state index is 6.57. The molecule has 12 aromatic rings. The Labute approximate surface area is 325 Å². The summed E-state index contributed by atoms with van der Waals surface area (Å²) < 4.78 is 15.1. The van der Waals surface area contributed by atoms with E-state index in [-0.39, 0.29) is 0 Å². The standard InChI is InChI=1S/C51H30N4O2/c1-3-14-31(15-4-1)34-18-7-8-19-36(34)50-52-49(33-26-27-39-45(30-33)57-43-25-13-22-35(46(39)43)32-16-5-2-6-17-32)53-51(54-50)55-40-23-11-9-20-37(40)47-41(55)28-29-44-48(47)38-21-10-12-24-42(38)56-44/h1-30H. The van der Waals surface area contributed by atoms with E-state index in [1.807, 2.05) is 36.4 Å². The van der Waals surface area contributed by atoms with Crippen LogP contribution in [0.1, 0.15) is 0 Å². The van der Waals surface area contributed by atoms with Gasteiger partial charge in [-0.05, 0) is 64.7 Å². The molecule has 0 radical (unpaired) electrons. The van der Waals surface area contributed by atoms with Gasteiger partial charge in [0.25, 0.3) is 0 Å². The summed E-state index contributed by atoms with van der Waals surface area (Å²) in [5, 5.41) is 6.46. The van der Waals surface area contributed by atoms with Crippen molar-refractivity contribution in [2.24, 2.45) is 0 Å². The van der Waals surface area contributed by atoms with Crippen molar-refractivity contribution in [3.63, 3.8) is 0 Å². The van der Waals surface area contributed by atoms with Crippen LogP contribution < -0.4 is 0 Å². The smallest absolute Gasteiger partial charge is 0.238 e. The molecule has 4 aromatic heterocycles. The molecule has 6 heteroatoms. The monoisotopic (exact) mass is 730 g/mol. The number of furan rings is 2. The molecule has 0 amide bonds. The zero-order valence-corrected chi connectivity index (χ0v) is 30.4. The molecular formula is C51H30N4O2. The minimum atomic E-state index is 0.521. The van der Waals surface area contributed by atoms with Crippen LogP contribution in [-0.4, -0.2) is 19.5 Å². The highest BCUT2D eigenvalue weighted by atomic mass is 16.3. The Kier molecular flexibility index (Phi) is 6.83. The number of fused-ring (bicyclic) bond motifs is 10. The third-order valence-corrected chi connectivity index (χ3v) is 11.1. The SMILES string of the molecule is c1ccc(-c2ccccc2-c2nc(-c3ccc4c(c3)oc3cccc(-c5ccccc5)c34)nc(-n3c4ccccc4c4c5c(ccc43)oc3ccccc35)n2)cc1. The van der Waals surface area contributed by atoms with Gasteiger partial charge in [0.1, 0.15) is 22.3 Å². The molecule has 0 saturated heterocycles. The summed E-state index contributed by atoms with van der Waals surface area (Å²) in [6, 6.07) is 62.5. The van der Waals surface area contributed by atoms with Crippen LogP contribution in [0.25, 0.3) is 117 Å². The predicted molar refractivity (Wildman–Crippen MR) is 230 cm³/mol. The van der Waals surface area contributed by atoms with Gasteiger partial charge in [-0.1, -0.05) is 140 Å². The quantitative estimate of drug-likeness (QED) is 0.176. The lowest BCUT2D eigenvalue weighted by Crippen LogP contribution is -2.06. The Hall–Kier alpha value is -7.83. The first-order valence-electron chi connectivity index (χ1n) is 19.0. The predicted octanol–water partition coefficient (Wildman–Crippen LogP) is 13.4. The molecule has 0 aliphatic rings. The second-order valence-corrected chi connectivity index (χ2v) is 14.3. The molecule has 0 atom stereocenters. The fourth-order valence-electron chi connectivity index (χ4n) is 8.57. The van der Waals surface area contributed by atoms with Crippen LogP contribution in [-0.2, 0) is 0 Å². The van der Waals surface area contributed by atoms with E-state index in [9.17, 15) is 0 Å². The Balaban J connectivity index is 1.13. The van der Waals surface area contributed by atoms with E-state index in [4.69, 9.17) is 23.8 Å². The van der Waals surface area contributed by atoms with Gasteiger partial charge < -0.3 is 8.83 Å². The fourth-order valence-corrected chi connectivity index (χ4v) is 8.57. The normalized spacial score (nSPS) is 11.9. The summed E-state index contributed by atoms with van der Waals surface area (Å²) in [5.74, 6) is 1.64. The van der Waals surface area contributed by atoms with Crippen LogP contribution in [0.15, 0.2) is 191 Å². The summed E-state index contributed by atoms with van der Waals surface area (Å²) in [6.07, 6.45) is 0. The molecular weight excluding hydrogens is 701 g/mol. The Morgan fingerprint density at radius 3 is 1.79 bits per heavy atom. The van der Waals surface area contributed by atoms with Crippen molar-refractivity contribution in [2.75, 3.05) is 0 Å². The maximum Gasteiger partial charge on any atom is 0.238 e. The molecule has 6 nitrogen and oxygen atoms in total. The molecule has 8 aromatic carbocycles. The first-order valence-corrected chi connectivity index (χ1v) is 19.0. The van der Waals surface area contributed by atoms with Crippen molar-refractivity contribution in [3.8, 4) is 51.0 Å². The van der Waals surface area contributed by atoms with Gasteiger partial charge in [-0.2, -0.15) is 9.97 Å². The fraction of sp³-hybridized carbons (Fsp3) is 0. The van der Waals surface area contributed by atoms with Crippen LogP contribution in [0.3, 0.4) is 0 Å². The highest BCUT2D eigenvalue weighted by Crippen LogP contribution is 2.42. The summed E-state index contributed by atoms with van der Waals surface area (Å²) in [6.45, 7) is 0. The Bertz CT molecular complexity index is 3530. The average molecular weight is 731 g/mol. The minimum absolute atomic E-state index is 0.521. The van der Waals surface area contributed by atoms with Crippen LogP contribution in [0, 0.1) is 0 Å². The molecule has 0 fully saturated rings. The molecule has 4 heterocycles. The van der Waals surface area contributed by atoms with Crippen molar-refractivity contribution >= 4 is 65.7 Å². The van der Waals surface area contributed by atoms with Gasteiger partial charge in [0, 0.05) is 43.4 Å². The molecule has 0 unspecified atom stereocenters. The van der Waals surface area contributed by atoms with Crippen molar-refractivity contribution in [2.45, 2.75) is 0 Å². The van der Waals surface area contributed by atoms with Gasteiger partial charge in [-0.3, -0.25) is 4.57 Å². The molecule has 57 heavy (non-hydrogen) atoms. The Morgan fingerprint density at radius 1 is 0.333 bits per heavy atom. The van der Waals surface area contributed by atoms with Gasteiger partial charge in [-0.15, -0.1) is 0 Å². The largest absolute Gasteiger partial charge is 0.456 e. The van der Waals surface area contributed by atoms with E-state index < -0.39 is 0 Å². The molecule has 266 valence electrons. The lowest BCUT2D eigenvalue weighted by atomic mass is 9.99. The van der Waals surface area contributed by atoms with E-state index in [0.29, 0.717) is 17.6 Å². The molecule has 12 rings (SSSR count). The number of para-hydroxylation sites is 2. The van der Waals surface area contributed by atoms with Crippen LogP contribution >= 0.6 is 0 Å². The third-order valence-electron chi connectivity index (χ3n) is 11.1. The zero-order chi connectivity index (χ0) is 37.5. The first kappa shape index (κ1) is 31.5. The number of nitrogens with zero attached hydrogens (tertiary/aromatic N) is 4. The van der Waals surface area contributed by atoms with Gasteiger partial charge in [0.15, 0.2) is 11.6 Å². The van der Waals surface area contributed by atoms with E-state index >= 15 is 0 Å². The minimum Gasteiger partial charge on any atom is -0.456 e. The maximum atomic E-state index is 6.57. The van der Waals surface area contributed by atoms with Gasteiger partial charge in [-0.25, -0.2) is 4.98 Å².